The summed E-state index contributed by atoms with van der Waals surface area (Å²) >= 11 is 0. The number of amides is 3. The summed E-state index contributed by atoms with van der Waals surface area (Å²) in [5.74, 6) is 0.468. The van der Waals surface area contributed by atoms with Crippen molar-refractivity contribution in [1.82, 2.24) is 9.80 Å². The van der Waals surface area contributed by atoms with Crippen LogP contribution in [0.5, 0.6) is 0 Å². The van der Waals surface area contributed by atoms with Crippen LogP contribution in [0.15, 0.2) is 30.3 Å². The number of aliphatic hydroxyl groups excluding tert-OH is 1. The molecule has 1 aliphatic heterocycles. The van der Waals surface area contributed by atoms with Crippen LogP contribution in [-0.4, -0.2) is 51.6 Å². The summed E-state index contributed by atoms with van der Waals surface area (Å²) in [7, 11) is 1.79. The van der Waals surface area contributed by atoms with Crippen LogP contribution in [0.4, 0.5) is 4.79 Å². The summed E-state index contributed by atoms with van der Waals surface area (Å²) in [6, 6.07) is 10.3. The van der Waals surface area contributed by atoms with Gasteiger partial charge in [0.05, 0.1) is 6.10 Å². The van der Waals surface area contributed by atoms with Crippen molar-refractivity contribution in [1.29, 1.82) is 0 Å². The largest absolute Gasteiger partial charge is 0.393 e. The Balaban J connectivity index is 1.50. The number of hydrogen-bond donors (Lipinski definition) is 1. The van der Waals surface area contributed by atoms with Gasteiger partial charge in [-0.15, -0.1) is 0 Å². The van der Waals surface area contributed by atoms with E-state index in [1.165, 1.54) is 10.5 Å². The summed E-state index contributed by atoms with van der Waals surface area (Å²) in [5.41, 5.74) is 0.679. The molecule has 0 aromatic heterocycles. The Kier molecular flexibility index (Phi) is 4.51. The second-order valence-electron chi connectivity index (χ2n) is 8.20. The molecule has 2 aliphatic carbocycles. The number of nitrogens with zero attached hydrogens (tertiary/aromatic N) is 2. The van der Waals surface area contributed by atoms with E-state index in [0.717, 1.165) is 38.5 Å². The highest BCUT2D eigenvalue weighted by molar-refractivity contribution is 6.07. The van der Waals surface area contributed by atoms with E-state index in [1.807, 2.05) is 6.07 Å². The predicted molar refractivity (Wildman–Crippen MR) is 98.6 cm³/mol. The van der Waals surface area contributed by atoms with E-state index < -0.39 is 5.54 Å². The zero-order valence-electron chi connectivity index (χ0n) is 15.4. The van der Waals surface area contributed by atoms with E-state index in [1.54, 1.807) is 11.9 Å². The maximum Gasteiger partial charge on any atom is 0.327 e. The highest BCUT2D eigenvalue weighted by Gasteiger charge is 2.58. The second-order valence-corrected chi connectivity index (χ2v) is 8.20. The van der Waals surface area contributed by atoms with Crippen LogP contribution in [0, 0.1) is 0 Å². The van der Waals surface area contributed by atoms with Gasteiger partial charge in [-0.3, -0.25) is 9.69 Å². The third kappa shape index (κ3) is 2.73. The molecule has 1 spiro atoms. The molecule has 0 unspecified atom stereocenters. The Bertz CT molecular complexity index is 674. The molecule has 1 N–H and O–H groups in total. The van der Waals surface area contributed by atoms with E-state index >= 15 is 0 Å². The van der Waals surface area contributed by atoms with Crippen LogP contribution < -0.4 is 0 Å². The van der Waals surface area contributed by atoms with Crippen LogP contribution in [0.25, 0.3) is 0 Å². The molecule has 3 aliphatic rings. The summed E-state index contributed by atoms with van der Waals surface area (Å²) in [6.45, 7) is 0. The molecule has 140 valence electrons. The van der Waals surface area contributed by atoms with Gasteiger partial charge in [-0.2, -0.15) is 0 Å². The van der Waals surface area contributed by atoms with Crippen molar-refractivity contribution in [3.63, 3.8) is 0 Å². The molecule has 1 heterocycles. The lowest BCUT2D eigenvalue weighted by Gasteiger charge is -2.39. The van der Waals surface area contributed by atoms with Crippen LogP contribution in [0.2, 0.25) is 0 Å². The van der Waals surface area contributed by atoms with Gasteiger partial charge in [0.2, 0.25) is 0 Å². The third-order valence-electron chi connectivity index (χ3n) is 6.87. The van der Waals surface area contributed by atoms with Crippen molar-refractivity contribution in [2.45, 2.75) is 75.0 Å². The zero-order valence-corrected chi connectivity index (χ0v) is 15.4. The highest BCUT2D eigenvalue weighted by atomic mass is 16.3. The van der Waals surface area contributed by atoms with Crippen molar-refractivity contribution >= 4 is 11.9 Å². The van der Waals surface area contributed by atoms with Crippen molar-refractivity contribution < 1.29 is 14.7 Å². The first-order chi connectivity index (χ1) is 12.5. The topological polar surface area (TPSA) is 60.9 Å². The molecular formula is C21H28N2O3. The first kappa shape index (κ1) is 17.5. The number of carbonyl (C=O) groups is 2. The average Bonchev–Trinajstić information content (AvgIpc) is 2.85. The fraction of sp³-hybridized carbons (Fsp3) is 0.619. The summed E-state index contributed by atoms with van der Waals surface area (Å²) < 4.78 is 0. The number of aliphatic hydroxyl groups is 1. The molecule has 4 rings (SSSR count). The maximum absolute atomic E-state index is 13.3. The Morgan fingerprint density at radius 2 is 1.58 bits per heavy atom. The maximum atomic E-state index is 13.3. The lowest BCUT2D eigenvalue weighted by atomic mass is 9.73. The SMILES string of the molecule is CN1C(=O)N([C@H]2CC[C@@H](O)CC2)C(=O)C12CCC(c1ccccc1)CC2. The monoisotopic (exact) mass is 356 g/mol. The van der Waals surface area contributed by atoms with E-state index in [2.05, 4.69) is 24.3 Å². The third-order valence-corrected chi connectivity index (χ3v) is 6.87. The van der Waals surface area contributed by atoms with E-state index in [4.69, 9.17) is 0 Å². The Morgan fingerprint density at radius 1 is 0.962 bits per heavy atom. The minimum absolute atomic E-state index is 0.00194. The number of carbonyl (C=O) groups excluding carboxylic acids is 2. The molecule has 0 atom stereocenters. The zero-order chi connectivity index (χ0) is 18.3. The molecule has 2 saturated carbocycles. The molecule has 3 fully saturated rings. The van der Waals surface area contributed by atoms with Gasteiger partial charge in [0.15, 0.2) is 0 Å². The smallest absolute Gasteiger partial charge is 0.327 e. The number of hydrogen-bond acceptors (Lipinski definition) is 3. The quantitative estimate of drug-likeness (QED) is 0.827. The fourth-order valence-corrected chi connectivity index (χ4v) is 5.14. The van der Waals surface area contributed by atoms with Crippen LogP contribution in [0.3, 0.4) is 0 Å². The first-order valence-electron chi connectivity index (χ1n) is 9.87. The van der Waals surface area contributed by atoms with Crippen LogP contribution >= 0.6 is 0 Å². The standard InChI is InChI=1S/C21H28N2O3/c1-22-20(26)23(17-7-9-18(24)10-8-17)19(25)21(22)13-11-16(12-14-21)15-5-3-2-4-6-15/h2-6,16-18,24H,7-14H2,1H3/t16?,17-,18+,21?. The molecule has 3 amide bonds. The van der Waals surface area contributed by atoms with Gasteiger partial charge in [-0.05, 0) is 62.8 Å². The van der Waals surface area contributed by atoms with Gasteiger partial charge in [0.25, 0.3) is 5.91 Å². The molecule has 1 aromatic carbocycles. The van der Waals surface area contributed by atoms with Crippen molar-refractivity contribution in [3.05, 3.63) is 35.9 Å². The minimum Gasteiger partial charge on any atom is -0.393 e. The van der Waals surface area contributed by atoms with E-state index in [0.29, 0.717) is 18.8 Å². The Morgan fingerprint density at radius 3 is 2.19 bits per heavy atom. The summed E-state index contributed by atoms with van der Waals surface area (Å²) in [6.07, 6.45) is 5.84. The van der Waals surface area contributed by atoms with Gasteiger partial charge in [0.1, 0.15) is 5.54 Å². The number of imide groups is 1. The lowest BCUT2D eigenvalue weighted by Crippen LogP contribution is -2.51. The molecule has 5 nitrogen and oxygen atoms in total. The average molecular weight is 356 g/mol. The number of likely N-dealkylation sites (N-methyl/N-ethyl adjacent to an activating group) is 1. The number of rotatable bonds is 2. The van der Waals surface area contributed by atoms with Crippen LogP contribution in [0.1, 0.15) is 62.8 Å². The predicted octanol–water partition coefficient (Wildman–Crippen LogP) is 3.28. The molecule has 26 heavy (non-hydrogen) atoms. The molecular weight excluding hydrogens is 328 g/mol. The molecule has 1 saturated heterocycles. The Labute approximate surface area is 155 Å². The summed E-state index contributed by atoms with van der Waals surface area (Å²) in [4.78, 5) is 29.5. The van der Waals surface area contributed by atoms with E-state index in [9.17, 15) is 14.7 Å². The van der Waals surface area contributed by atoms with Gasteiger partial charge in [-0.1, -0.05) is 30.3 Å². The number of benzene rings is 1. The number of urea groups is 1. The van der Waals surface area contributed by atoms with E-state index in [-0.39, 0.29) is 24.1 Å². The summed E-state index contributed by atoms with van der Waals surface area (Å²) in [5, 5.41) is 9.73. The van der Waals surface area contributed by atoms with Gasteiger partial charge < -0.3 is 10.0 Å². The van der Waals surface area contributed by atoms with Gasteiger partial charge in [0, 0.05) is 13.1 Å². The minimum atomic E-state index is -0.654. The van der Waals surface area contributed by atoms with Gasteiger partial charge >= 0.3 is 6.03 Å². The molecule has 0 radical (unpaired) electrons. The molecule has 5 heteroatoms. The Hall–Kier alpha value is -1.88. The first-order valence-corrected chi connectivity index (χ1v) is 9.87. The van der Waals surface area contributed by atoms with Crippen molar-refractivity contribution in [3.8, 4) is 0 Å². The molecule has 1 aromatic rings. The van der Waals surface area contributed by atoms with Crippen molar-refractivity contribution in [2.75, 3.05) is 7.05 Å². The second kappa shape index (κ2) is 6.69. The fourth-order valence-electron chi connectivity index (χ4n) is 5.14. The lowest BCUT2D eigenvalue weighted by molar-refractivity contribution is -0.136. The normalized spacial score (nSPS) is 35.4. The van der Waals surface area contributed by atoms with Crippen molar-refractivity contribution in [2.24, 2.45) is 0 Å². The molecule has 0 bridgehead atoms. The van der Waals surface area contributed by atoms with Crippen LogP contribution in [-0.2, 0) is 4.79 Å². The van der Waals surface area contributed by atoms with Gasteiger partial charge in [-0.25, -0.2) is 4.79 Å². The highest BCUT2D eigenvalue weighted by Crippen LogP contribution is 2.45.